The highest BCUT2D eigenvalue weighted by Crippen LogP contribution is 2.30. The Bertz CT molecular complexity index is 606. The summed E-state index contributed by atoms with van der Waals surface area (Å²) in [5, 5.41) is -0.251. The van der Waals surface area contributed by atoms with Gasteiger partial charge in [-0.2, -0.15) is 0 Å². The zero-order valence-corrected chi connectivity index (χ0v) is 13.1. The molecule has 2 aromatic carbocycles. The first kappa shape index (κ1) is 15.4. The Kier molecular flexibility index (Phi) is 4.86. The zero-order chi connectivity index (χ0) is 15.4. The van der Waals surface area contributed by atoms with Crippen molar-refractivity contribution in [1.29, 1.82) is 0 Å². The molecule has 0 heterocycles. The molecule has 0 saturated heterocycles. The predicted molar refractivity (Wildman–Crippen MR) is 85.1 cm³/mol. The normalized spacial score (nSPS) is 11.8. The van der Waals surface area contributed by atoms with Crippen molar-refractivity contribution in [2.24, 2.45) is 0 Å². The van der Waals surface area contributed by atoms with Gasteiger partial charge in [-0.25, -0.2) is 0 Å². The van der Waals surface area contributed by atoms with E-state index in [0.29, 0.717) is 5.56 Å². The van der Waals surface area contributed by atoms with Gasteiger partial charge in [-0.3, -0.25) is 4.79 Å². The summed E-state index contributed by atoms with van der Waals surface area (Å²) in [5.41, 5.74) is 2.60. The van der Waals surface area contributed by atoms with Gasteiger partial charge in [0, 0.05) is 19.7 Å². The lowest BCUT2D eigenvalue weighted by Crippen LogP contribution is -2.21. The SMILES string of the molecule is COc1ccc(C(Cl)c2ccc(C(=O)N(C)C)cc2)cc1. The Morgan fingerprint density at radius 3 is 1.90 bits per heavy atom. The van der Waals surface area contributed by atoms with Crippen LogP contribution in [0.2, 0.25) is 0 Å². The van der Waals surface area contributed by atoms with E-state index in [1.54, 1.807) is 38.2 Å². The number of carbonyl (C=O) groups excluding carboxylic acids is 1. The van der Waals surface area contributed by atoms with E-state index in [9.17, 15) is 4.79 Å². The van der Waals surface area contributed by atoms with Crippen LogP contribution in [0.1, 0.15) is 26.9 Å². The fraction of sp³-hybridized carbons (Fsp3) is 0.235. The first-order chi connectivity index (χ1) is 10.0. The third kappa shape index (κ3) is 3.56. The lowest BCUT2D eigenvalue weighted by molar-refractivity contribution is 0.0827. The molecule has 1 amide bonds. The van der Waals surface area contributed by atoms with Crippen LogP contribution >= 0.6 is 11.6 Å². The number of rotatable bonds is 4. The van der Waals surface area contributed by atoms with Crippen molar-refractivity contribution in [3.05, 3.63) is 65.2 Å². The van der Waals surface area contributed by atoms with Gasteiger partial charge in [0.05, 0.1) is 12.5 Å². The maximum Gasteiger partial charge on any atom is 0.253 e. The molecular formula is C17H18ClNO2. The second kappa shape index (κ2) is 6.64. The van der Waals surface area contributed by atoms with Gasteiger partial charge in [0.25, 0.3) is 5.91 Å². The fourth-order valence-electron chi connectivity index (χ4n) is 2.02. The summed E-state index contributed by atoms with van der Waals surface area (Å²) >= 11 is 6.49. The van der Waals surface area contributed by atoms with Crippen molar-refractivity contribution in [2.45, 2.75) is 5.38 Å². The average molecular weight is 304 g/mol. The number of nitrogens with zero attached hydrogens (tertiary/aromatic N) is 1. The zero-order valence-electron chi connectivity index (χ0n) is 12.3. The quantitative estimate of drug-likeness (QED) is 0.806. The average Bonchev–Trinajstić information content (AvgIpc) is 2.53. The lowest BCUT2D eigenvalue weighted by atomic mass is 10.0. The smallest absolute Gasteiger partial charge is 0.253 e. The summed E-state index contributed by atoms with van der Waals surface area (Å²) in [6.07, 6.45) is 0. The molecule has 1 atom stereocenters. The molecule has 1 unspecified atom stereocenters. The van der Waals surface area contributed by atoms with Crippen LogP contribution in [0, 0.1) is 0 Å². The van der Waals surface area contributed by atoms with Crippen molar-refractivity contribution >= 4 is 17.5 Å². The molecule has 2 rings (SSSR count). The number of halogens is 1. The Morgan fingerprint density at radius 2 is 1.48 bits per heavy atom. The molecule has 0 N–H and O–H groups in total. The van der Waals surface area contributed by atoms with Gasteiger partial charge in [-0.1, -0.05) is 24.3 Å². The molecule has 0 aliphatic rings. The number of ether oxygens (including phenoxy) is 1. The molecule has 3 nitrogen and oxygen atoms in total. The van der Waals surface area contributed by atoms with Crippen LogP contribution in [0.25, 0.3) is 0 Å². The van der Waals surface area contributed by atoms with Crippen molar-refractivity contribution in [1.82, 2.24) is 4.90 Å². The molecule has 0 fully saturated rings. The van der Waals surface area contributed by atoms with E-state index in [4.69, 9.17) is 16.3 Å². The molecule has 21 heavy (non-hydrogen) atoms. The highest BCUT2D eigenvalue weighted by Gasteiger charge is 2.13. The number of hydrogen-bond acceptors (Lipinski definition) is 2. The maximum absolute atomic E-state index is 11.8. The summed E-state index contributed by atoms with van der Waals surface area (Å²) in [7, 11) is 5.10. The van der Waals surface area contributed by atoms with Gasteiger partial charge in [0.15, 0.2) is 0 Å². The van der Waals surface area contributed by atoms with Gasteiger partial charge >= 0.3 is 0 Å². The minimum Gasteiger partial charge on any atom is -0.497 e. The van der Waals surface area contributed by atoms with E-state index in [2.05, 4.69) is 0 Å². The second-order valence-corrected chi connectivity index (χ2v) is 5.39. The van der Waals surface area contributed by atoms with Crippen LogP contribution in [0.4, 0.5) is 0 Å². The molecule has 4 heteroatoms. The van der Waals surface area contributed by atoms with Crippen molar-refractivity contribution in [3.63, 3.8) is 0 Å². The topological polar surface area (TPSA) is 29.5 Å². The largest absolute Gasteiger partial charge is 0.497 e. The molecule has 0 saturated carbocycles. The van der Waals surface area contributed by atoms with E-state index in [1.807, 2.05) is 36.4 Å². The van der Waals surface area contributed by atoms with Crippen LogP contribution in [0.3, 0.4) is 0 Å². The standard InChI is InChI=1S/C17H18ClNO2/c1-19(2)17(20)14-6-4-12(5-7-14)16(18)13-8-10-15(21-3)11-9-13/h4-11,16H,1-3H3. The van der Waals surface area contributed by atoms with Crippen LogP contribution in [0.5, 0.6) is 5.75 Å². The molecule has 0 aromatic heterocycles. The Labute approximate surface area is 130 Å². The van der Waals surface area contributed by atoms with E-state index in [0.717, 1.165) is 16.9 Å². The highest BCUT2D eigenvalue weighted by atomic mass is 35.5. The summed E-state index contributed by atoms with van der Waals surface area (Å²) < 4.78 is 5.13. The number of alkyl halides is 1. The van der Waals surface area contributed by atoms with Crippen LogP contribution in [-0.4, -0.2) is 32.0 Å². The first-order valence-electron chi connectivity index (χ1n) is 6.62. The van der Waals surface area contributed by atoms with E-state index in [1.165, 1.54) is 0 Å². The highest BCUT2D eigenvalue weighted by molar-refractivity contribution is 6.22. The summed E-state index contributed by atoms with van der Waals surface area (Å²) in [6, 6.07) is 15.0. The number of benzene rings is 2. The molecule has 0 aliphatic carbocycles. The Balaban J connectivity index is 2.19. The minimum absolute atomic E-state index is 0.0166. The maximum atomic E-state index is 11.8. The van der Waals surface area contributed by atoms with Gasteiger partial charge in [0.2, 0.25) is 0 Å². The van der Waals surface area contributed by atoms with Gasteiger partial charge in [-0.15, -0.1) is 11.6 Å². The molecule has 0 spiro atoms. The summed E-state index contributed by atoms with van der Waals surface area (Å²) in [4.78, 5) is 13.4. The number of amides is 1. The lowest BCUT2D eigenvalue weighted by Gasteiger charge is -2.13. The van der Waals surface area contributed by atoms with E-state index < -0.39 is 0 Å². The number of hydrogen-bond donors (Lipinski definition) is 0. The summed E-state index contributed by atoms with van der Waals surface area (Å²) in [6.45, 7) is 0. The first-order valence-corrected chi connectivity index (χ1v) is 7.06. The van der Waals surface area contributed by atoms with Gasteiger partial charge < -0.3 is 9.64 Å². The second-order valence-electron chi connectivity index (χ2n) is 4.96. The van der Waals surface area contributed by atoms with E-state index >= 15 is 0 Å². The minimum atomic E-state index is -0.251. The Hall–Kier alpha value is -2.00. The molecule has 0 radical (unpaired) electrons. The van der Waals surface area contributed by atoms with Crippen molar-refractivity contribution in [2.75, 3.05) is 21.2 Å². The van der Waals surface area contributed by atoms with Crippen LogP contribution in [0.15, 0.2) is 48.5 Å². The molecule has 110 valence electrons. The third-order valence-corrected chi connectivity index (χ3v) is 3.77. The van der Waals surface area contributed by atoms with Crippen molar-refractivity contribution in [3.8, 4) is 5.75 Å². The van der Waals surface area contributed by atoms with E-state index in [-0.39, 0.29) is 11.3 Å². The molecule has 0 aliphatic heterocycles. The predicted octanol–water partition coefficient (Wildman–Crippen LogP) is 3.73. The number of methoxy groups -OCH3 is 1. The monoisotopic (exact) mass is 303 g/mol. The fourth-order valence-corrected chi connectivity index (χ4v) is 2.31. The van der Waals surface area contributed by atoms with Gasteiger partial charge in [-0.05, 0) is 35.4 Å². The van der Waals surface area contributed by atoms with Crippen LogP contribution in [-0.2, 0) is 0 Å². The summed E-state index contributed by atoms with van der Waals surface area (Å²) in [5.74, 6) is 0.784. The Morgan fingerprint density at radius 1 is 1.00 bits per heavy atom. The molecule has 0 bridgehead atoms. The molecule has 2 aromatic rings. The number of carbonyl (C=O) groups is 1. The van der Waals surface area contributed by atoms with Crippen LogP contribution < -0.4 is 4.74 Å². The van der Waals surface area contributed by atoms with Crippen molar-refractivity contribution < 1.29 is 9.53 Å². The third-order valence-electron chi connectivity index (χ3n) is 3.26. The van der Waals surface area contributed by atoms with Gasteiger partial charge in [0.1, 0.15) is 5.75 Å². The molecular weight excluding hydrogens is 286 g/mol.